The Bertz CT molecular complexity index is 898. The Kier molecular flexibility index (Phi) is 5.55. The lowest BCUT2D eigenvalue weighted by Crippen LogP contribution is -2.32. The Hall–Kier alpha value is -2.68. The first-order chi connectivity index (χ1) is 13.1. The number of fused-ring (bicyclic) bond motifs is 1. The monoisotopic (exact) mass is 409 g/mol. The van der Waals surface area contributed by atoms with Gasteiger partial charge in [-0.1, -0.05) is 0 Å². The summed E-state index contributed by atoms with van der Waals surface area (Å²) in [5.41, 5.74) is 0.868. The third-order valence-electron chi connectivity index (χ3n) is 4.16. The molecule has 0 saturated carbocycles. The van der Waals surface area contributed by atoms with Crippen molar-refractivity contribution in [2.75, 3.05) is 29.6 Å². The average Bonchev–Trinajstić information content (AvgIpc) is 2.61. The van der Waals surface area contributed by atoms with Gasteiger partial charge in [0.2, 0.25) is 11.8 Å². The maximum absolute atomic E-state index is 12.8. The number of carbonyl (C=O) groups is 2. The fourth-order valence-electron chi connectivity index (χ4n) is 2.68. The van der Waals surface area contributed by atoms with Crippen LogP contribution in [0.5, 0.6) is 0 Å². The molecule has 0 unspecified atom stereocenters. The van der Waals surface area contributed by atoms with Gasteiger partial charge in [-0.15, -0.1) is 11.8 Å². The molecule has 1 aliphatic rings. The van der Waals surface area contributed by atoms with Crippen molar-refractivity contribution in [1.82, 2.24) is 0 Å². The number of anilines is 3. The van der Waals surface area contributed by atoms with Crippen molar-refractivity contribution in [3.8, 4) is 0 Å². The van der Waals surface area contributed by atoms with Crippen LogP contribution in [0.3, 0.4) is 0 Å². The molecule has 9 heteroatoms. The number of halogens is 3. The SMILES string of the molecule is CN(C)c1ccc(NC(=O)C[C@@H]2Sc3ccc(C(F)(F)F)cc3NC2=O)cc1. The standard InChI is InChI=1S/C19H18F3N3O2S/c1-25(2)13-6-4-12(5-7-13)23-17(26)10-16-18(27)24-14-9-11(19(20,21)22)3-8-15(14)28-16/h3-9,16H,10H2,1-2H3,(H,23,26)(H,24,27)/t16-/m0/s1. The number of hydrogen-bond donors (Lipinski definition) is 2. The molecule has 3 rings (SSSR count). The number of benzene rings is 2. The first-order valence-electron chi connectivity index (χ1n) is 8.39. The van der Waals surface area contributed by atoms with Gasteiger partial charge in [0.25, 0.3) is 0 Å². The van der Waals surface area contributed by atoms with E-state index in [2.05, 4.69) is 10.6 Å². The highest BCUT2D eigenvalue weighted by atomic mass is 32.2. The largest absolute Gasteiger partial charge is 0.416 e. The van der Waals surface area contributed by atoms with E-state index in [1.165, 1.54) is 6.07 Å². The number of carbonyl (C=O) groups excluding carboxylic acids is 2. The molecular weight excluding hydrogens is 391 g/mol. The summed E-state index contributed by atoms with van der Waals surface area (Å²) < 4.78 is 38.4. The van der Waals surface area contributed by atoms with Crippen molar-refractivity contribution >= 4 is 40.6 Å². The van der Waals surface area contributed by atoms with Crippen LogP contribution in [-0.4, -0.2) is 31.2 Å². The van der Waals surface area contributed by atoms with Gasteiger partial charge in [0.15, 0.2) is 0 Å². The fraction of sp³-hybridized carbons (Fsp3) is 0.263. The summed E-state index contributed by atoms with van der Waals surface area (Å²) in [4.78, 5) is 26.9. The Morgan fingerprint density at radius 2 is 1.86 bits per heavy atom. The highest BCUT2D eigenvalue weighted by Crippen LogP contribution is 2.40. The summed E-state index contributed by atoms with van der Waals surface area (Å²) in [5.74, 6) is -0.837. The minimum Gasteiger partial charge on any atom is -0.378 e. The molecule has 28 heavy (non-hydrogen) atoms. The quantitative estimate of drug-likeness (QED) is 0.794. The lowest BCUT2D eigenvalue weighted by Gasteiger charge is -2.24. The maximum atomic E-state index is 12.8. The number of hydrogen-bond acceptors (Lipinski definition) is 4. The first kappa shape index (κ1) is 20.1. The molecule has 2 N–H and O–H groups in total. The van der Waals surface area contributed by atoms with Crippen LogP contribution in [0, 0.1) is 0 Å². The summed E-state index contributed by atoms with van der Waals surface area (Å²) in [5, 5.41) is 4.48. The van der Waals surface area contributed by atoms with Crippen LogP contribution in [0.4, 0.5) is 30.2 Å². The van der Waals surface area contributed by atoms with E-state index in [1.54, 1.807) is 12.1 Å². The van der Waals surface area contributed by atoms with Crippen molar-refractivity contribution in [3.05, 3.63) is 48.0 Å². The second kappa shape index (κ2) is 7.75. The van der Waals surface area contributed by atoms with Gasteiger partial charge in [-0.3, -0.25) is 9.59 Å². The lowest BCUT2D eigenvalue weighted by molar-refractivity contribution is -0.137. The molecule has 2 aromatic rings. The third kappa shape index (κ3) is 4.59. The summed E-state index contributed by atoms with van der Waals surface area (Å²) >= 11 is 1.08. The highest BCUT2D eigenvalue weighted by Gasteiger charge is 2.34. The Morgan fingerprint density at radius 3 is 2.46 bits per heavy atom. The van der Waals surface area contributed by atoms with Gasteiger partial charge in [-0.05, 0) is 42.5 Å². The molecule has 0 bridgehead atoms. The lowest BCUT2D eigenvalue weighted by atomic mass is 10.1. The number of alkyl halides is 3. The molecule has 2 amide bonds. The van der Waals surface area contributed by atoms with Crippen molar-refractivity contribution in [2.24, 2.45) is 0 Å². The normalized spacial score (nSPS) is 16.2. The number of nitrogens with one attached hydrogen (secondary N) is 2. The van der Waals surface area contributed by atoms with E-state index in [-0.39, 0.29) is 18.0 Å². The van der Waals surface area contributed by atoms with Gasteiger partial charge >= 0.3 is 6.18 Å². The van der Waals surface area contributed by atoms with E-state index in [9.17, 15) is 22.8 Å². The summed E-state index contributed by atoms with van der Waals surface area (Å²) in [6.07, 6.45) is -4.57. The number of nitrogens with zero attached hydrogens (tertiary/aromatic N) is 1. The Morgan fingerprint density at radius 1 is 1.18 bits per heavy atom. The third-order valence-corrected chi connectivity index (χ3v) is 5.44. The molecule has 1 atom stereocenters. The minimum absolute atomic E-state index is 0.0909. The van der Waals surface area contributed by atoms with Crippen LogP contribution in [0.25, 0.3) is 0 Å². The minimum atomic E-state index is -4.48. The van der Waals surface area contributed by atoms with E-state index < -0.39 is 22.9 Å². The summed E-state index contributed by atoms with van der Waals surface area (Å²) in [6, 6.07) is 10.4. The van der Waals surface area contributed by atoms with E-state index in [4.69, 9.17) is 0 Å². The van der Waals surface area contributed by atoms with Crippen molar-refractivity contribution < 1.29 is 22.8 Å². The van der Waals surface area contributed by atoms with Crippen LogP contribution in [0.15, 0.2) is 47.4 Å². The van der Waals surface area contributed by atoms with Gasteiger partial charge in [-0.25, -0.2) is 0 Å². The van der Waals surface area contributed by atoms with E-state index >= 15 is 0 Å². The van der Waals surface area contributed by atoms with Crippen LogP contribution >= 0.6 is 11.8 Å². The molecule has 0 fully saturated rings. The van der Waals surface area contributed by atoms with Crippen LogP contribution in [-0.2, 0) is 15.8 Å². The smallest absolute Gasteiger partial charge is 0.378 e. The second-order valence-electron chi connectivity index (χ2n) is 6.50. The molecule has 0 aliphatic carbocycles. The predicted octanol–water partition coefficient (Wildman–Crippen LogP) is 4.21. The van der Waals surface area contributed by atoms with Gasteiger partial charge in [0.1, 0.15) is 0 Å². The van der Waals surface area contributed by atoms with Crippen LogP contribution in [0.2, 0.25) is 0 Å². The molecule has 1 aliphatic heterocycles. The van der Waals surface area contributed by atoms with Gasteiger partial charge < -0.3 is 15.5 Å². The van der Waals surface area contributed by atoms with Gasteiger partial charge in [-0.2, -0.15) is 13.2 Å². The number of amides is 2. The topological polar surface area (TPSA) is 61.4 Å². The highest BCUT2D eigenvalue weighted by molar-refractivity contribution is 8.01. The van der Waals surface area contributed by atoms with Gasteiger partial charge in [0, 0.05) is 36.8 Å². The van der Waals surface area contributed by atoms with Crippen molar-refractivity contribution in [3.63, 3.8) is 0 Å². The Labute approximate surface area is 164 Å². The molecule has 0 spiro atoms. The van der Waals surface area contributed by atoms with Crippen molar-refractivity contribution in [2.45, 2.75) is 22.7 Å². The van der Waals surface area contributed by atoms with E-state index in [0.29, 0.717) is 10.6 Å². The molecule has 5 nitrogen and oxygen atoms in total. The number of rotatable bonds is 4. The maximum Gasteiger partial charge on any atom is 0.416 e. The summed E-state index contributed by atoms with van der Waals surface area (Å²) in [7, 11) is 3.81. The van der Waals surface area contributed by atoms with E-state index in [1.807, 2.05) is 31.1 Å². The average molecular weight is 409 g/mol. The molecule has 0 aromatic heterocycles. The molecule has 2 aromatic carbocycles. The van der Waals surface area contributed by atoms with E-state index in [0.717, 1.165) is 29.6 Å². The zero-order chi connectivity index (χ0) is 20.5. The molecule has 148 valence electrons. The fourth-order valence-corrected chi connectivity index (χ4v) is 3.78. The molecule has 1 heterocycles. The zero-order valence-electron chi connectivity index (χ0n) is 15.1. The molecular formula is C19H18F3N3O2S. The molecule has 0 radical (unpaired) electrons. The van der Waals surface area contributed by atoms with Gasteiger partial charge in [0.05, 0.1) is 16.5 Å². The van der Waals surface area contributed by atoms with Crippen LogP contribution < -0.4 is 15.5 Å². The number of thioether (sulfide) groups is 1. The summed E-state index contributed by atoms with van der Waals surface area (Å²) in [6.45, 7) is 0. The van der Waals surface area contributed by atoms with Crippen molar-refractivity contribution in [1.29, 1.82) is 0 Å². The first-order valence-corrected chi connectivity index (χ1v) is 9.27. The van der Waals surface area contributed by atoms with Crippen LogP contribution in [0.1, 0.15) is 12.0 Å². The second-order valence-corrected chi connectivity index (χ2v) is 7.74. The Balaban J connectivity index is 1.65. The zero-order valence-corrected chi connectivity index (χ0v) is 15.9. The predicted molar refractivity (Wildman–Crippen MR) is 104 cm³/mol. The molecule has 0 saturated heterocycles.